The first-order valence-electron chi connectivity index (χ1n) is 8.08. The number of anilines is 1. The summed E-state index contributed by atoms with van der Waals surface area (Å²) in [6.45, 7) is 2.59. The van der Waals surface area contributed by atoms with Crippen LogP contribution < -0.4 is 10.2 Å². The third-order valence-electron chi connectivity index (χ3n) is 4.29. The molecular formula is C17H22N4O2S. The van der Waals surface area contributed by atoms with Gasteiger partial charge in [-0.25, -0.2) is 8.42 Å². The number of sulfone groups is 1. The van der Waals surface area contributed by atoms with Crippen LogP contribution in [0.4, 0.5) is 5.82 Å². The monoisotopic (exact) mass is 346 g/mol. The number of rotatable bonds is 6. The topological polar surface area (TPSA) is 75.2 Å². The highest BCUT2D eigenvalue weighted by atomic mass is 32.2. The first kappa shape index (κ1) is 16.9. The van der Waals surface area contributed by atoms with Crippen LogP contribution in [0.5, 0.6) is 0 Å². The van der Waals surface area contributed by atoms with Gasteiger partial charge in [-0.1, -0.05) is 12.1 Å². The smallest absolute Gasteiger partial charge is 0.175 e. The average Bonchev–Trinajstić information content (AvgIpc) is 3.04. The lowest BCUT2D eigenvalue weighted by Crippen LogP contribution is -2.38. The lowest BCUT2D eigenvalue weighted by Gasteiger charge is -2.25. The number of nitrogens with one attached hydrogen (secondary N) is 1. The third-order valence-corrected chi connectivity index (χ3v) is 5.42. The van der Waals surface area contributed by atoms with Crippen LogP contribution in [0.1, 0.15) is 18.4 Å². The van der Waals surface area contributed by atoms with E-state index in [-0.39, 0.29) is 0 Å². The van der Waals surface area contributed by atoms with E-state index in [9.17, 15) is 8.42 Å². The molecule has 1 aromatic carbocycles. The van der Waals surface area contributed by atoms with Crippen molar-refractivity contribution in [3.05, 3.63) is 48.2 Å². The van der Waals surface area contributed by atoms with Gasteiger partial charge in [0.25, 0.3) is 0 Å². The molecule has 1 N–H and O–H groups in total. The molecule has 128 valence electrons. The maximum atomic E-state index is 11.5. The Balaban J connectivity index is 1.54. The van der Waals surface area contributed by atoms with Crippen molar-refractivity contribution >= 4 is 15.7 Å². The van der Waals surface area contributed by atoms with E-state index in [2.05, 4.69) is 20.4 Å². The molecule has 0 unspecified atom stereocenters. The van der Waals surface area contributed by atoms with E-state index in [4.69, 9.17) is 0 Å². The highest BCUT2D eigenvalue weighted by Gasteiger charge is 2.25. The van der Waals surface area contributed by atoms with E-state index in [0.717, 1.165) is 43.9 Å². The van der Waals surface area contributed by atoms with E-state index >= 15 is 0 Å². The molecule has 0 bridgehead atoms. The van der Waals surface area contributed by atoms with Crippen LogP contribution >= 0.6 is 0 Å². The summed E-state index contributed by atoms with van der Waals surface area (Å²) in [5.74, 6) is 0.930. The van der Waals surface area contributed by atoms with Crippen LogP contribution in [0.2, 0.25) is 0 Å². The fourth-order valence-electron chi connectivity index (χ4n) is 3.03. The fourth-order valence-corrected chi connectivity index (χ4v) is 3.66. The molecule has 0 amide bonds. The standard InChI is InChI=1S/C17H22N4O2S/c1-24(22,23)16-8-6-14(7-9-16)12-18-13-15-4-3-11-21(15)17-5-2-10-19-20-17/h2,5-10,15,18H,3-4,11-13H2,1H3/t15-/m1/s1. The minimum atomic E-state index is -3.13. The van der Waals surface area contributed by atoms with E-state index in [1.807, 2.05) is 24.3 Å². The molecule has 1 atom stereocenters. The fraction of sp³-hybridized carbons (Fsp3) is 0.412. The van der Waals surface area contributed by atoms with Crippen LogP contribution in [-0.2, 0) is 16.4 Å². The van der Waals surface area contributed by atoms with Gasteiger partial charge in [-0.15, -0.1) is 5.10 Å². The van der Waals surface area contributed by atoms with Crippen molar-refractivity contribution in [3.8, 4) is 0 Å². The van der Waals surface area contributed by atoms with Crippen LogP contribution in [-0.4, -0.2) is 44.0 Å². The molecule has 2 heterocycles. The van der Waals surface area contributed by atoms with Crippen molar-refractivity contribution < 1.29 is 8.42 Å². The molecular weight excluding hydrogens is 324 g/mol. The highest BCUT2D eigenvalue weighted by molar-refractivity contribution is 7.90. The molecule has 0 radical (unpaired) electrons. The molecule has 24 heavy (non-hydrogen) atoms. The van der Waals surface area contributed by atoms with E-state index < -0.39 is 9.84 Å². The van der Waals surface area contributed by atoms with Crippen LogP contribution in [0.3, 0.4) is 0 Å². The summed E-state index contributed by atoms with van der Waals surface area (Å²) in [5, 5.41) is 11.6. The summed E-state index contributed by atoms with van der Waals surface area (Å²) in [7, 11) is -3.13. The number of aromatic nitrogens is 2. The summed E-state index contributed by atoms with van der Waals surface area (Å²) in [4.78, 5) is 2.66. The minimum Gasteiger partial charge on any atom is -0.351 e. The van der Waals surface area contributed by atoms with Gasteiger partial charge >= 0.3 is 0 Å². The zero-order valence-electron chi connectivity index (χ0n) is 13.7. The summed E-state index contributed by atoms with van der Waals surface area (Å²) >= 11 is 0. The molecule has 1 saturated heterocycles. The van der Waals surface area contributed by atoms with Crippen molar-refractivity contribution in [2.75, 3.05) is 24.2 Å². The largest absolute Gasteiger partial charge is 0.351 e. The van der Waals surface area contributed by atoms with Crippen LogP contribution in [0.25, 0.3) is 0 Å². The summed E-state index contributed by atoms with van der Waals surface area (Å²) in [6, 6.07) is 11.4. The van der Waals surface area contributed by atoms with E-state index in [1.165, 1.54) is 6.26 Å². The van der Waals surface area contributed by atoms with Gasteiger partial charge in [0.15, 0.2) is 15.7 Å². The van der Waals surface area contributed by atoms with Crippen LogP contribution in [0, 0.1) is 0 Å². The Morgan fingerprint density at radius 2 is 2.04 bits per heavy atom. The highest BCUT2D eigenvalue weighted by Crippen LogP contribution is 2.22. The zero-order valence-corrected chi connectivity index (χ0v) is 14.5. The molecule has 2 aromatic rings. The Bertz CT molecular complexity index is 763. The first-order chi connectivity index (χ1) is 11.5. The maximum absolute atomic E-state index is 11.5. The zero-order chi connectivity index (χ0) is 17.0. The lowest BCUT2D eigenvalue weighted by atomic mass is 10.2. The normalized spacial score (nSPS) is 18.0. The Morgan fingerprint density at radius 3 is 2.71 bits per heavy atom. The molecule has 0 spiro atoms. The van der Waals surface area contributed by atoms with Crippen LogP contribution in [0.15, 0.2) is 47.5 Å². The summed E-state index contributed by atoms with van der Waals surface area (Å²) < 4.78 is 22.9. The predicted octanol–water partition coefficient (Wildman–Crippen LogP) is 1.64. The number of benzene rings is 1. The van der Waals surface area contributed by atoms with Crippen molar-refractivity contribution in [2.24, 2.45) is 0 Å². The third kappa shape index (κ3) is 4.10. The number of hydrogen-bond acceptors (Lipinski definition) is 6. The van der Waals surface area contributed by atoms with Gasteiger partial charge in [-0.2, -0.15) is 5.10 Å². The van der Waals surface area contributed by atoms with Gasteiger partial charge in [-0.3, -0.25) is 0 Å². The lowest BCUT2D eigenvalue weighted by molar-refractivity contribution is 0.569. The number of nitrogens with zero attached hydrogens (tertiary/aromatic N) is 3. The Kier molecular flexibility index (Phi) is 5.11. The quantitative estimate of drug-likeness (QED) is 0.857. The first-order valence-corrected chi connectivity index (χ1v) is 9.97. The molecule has 6 nitrogen and oxygen atoms in total. The van der Waals surface area contributed by atoms with Gasteiger partial charge < -0.3 is 10.2 Å². The van der Waals surface area contributed by atoms with E-state index in [0.29, 0.717) is 10.9 Å². The second-order valence-electron chi connectivity index (χ2n) is 6.12. The van der Waals surface area contributed by atoms with Gasteiger partial charge in [0.2, 0.25) is 0 Å². The van der Waals surface area contributed by atoms with Crippen molar-refractivity contribution in [2.45, 2.75) is 30.3 Å². The Labute approximate surface area is 142 Å². The van der Waals surface area contributed by atoms with E-state index in [1.54, 1.807) is 18.3 Å². The minimum absolute atomic E-state index is 0.357. The molecule has 1 aliphatic rings. The molecule has 0 saturated carbocycles. The second-order valence-corrected chi connectivity index (χ2v) is 8.13. The van der Waals surface area contributed by atoms with Gasteiger partial charge in [0, 0.05) is 38.1 Å². The second kappa shape index (κ2) is 7.27. The maximum Gasteiger partial charge on any atom is 0.175 e. The molecule has 7 heteroatoms. The molecule has 1 aromatic heterocycles. The Morgan fingerprint density at radius 1 is 1.25 bits per heavy atom. The van der Waals surface area contributed by atoms with Gasteiger partial charge in [0.1, 0.15) is 0 Å². The van der Waals surface area contributed by atoms with Crippen molar-refractivity contribution in [1.29, 1.82) is 0 Å². The van der Waals surface area contributed by atoms with Gasteiger partial charge in [0.05, 0.1) is 4.90 Å². The Hall–Kier alpha value is -1.99. The summed E-state index contributed by atoms with van der Waals surface area (Å²) in [6.07, 6.45) is 5.21. The molecule has 0 aliphatic carbocycles. The van der Waals surface area contributed by atoms with Crippen molar-refractivity contribution in [3.63, 3.8) is 0 Å². The average molecular weight is 346 g/mol. The molecule has 1 fully saturated rings. The molecule has 3 rings (SSSR count). The summed E-state index contributed by atoms with van der Waals surface area (Å²) in [5.41, 5.74) is 1.08. The SMILES string of the molecule is CS(=O)(=O)c1ccc(CNC[C@H]2CCCN2c2cccnn2)cc1. The van der Waals surface area contributed by atoms with Crippen molar-refractivity contribution in [1.82, 2.24) is 15.5 Å². The van der Waals surface area contributed by atoms with Gasteiger partial charge in [-0.05, 0) is 42.7 Å². The predicted molar refractivity (Wildman–Crippen MR) is 93.7 cm³/mol. The number of hydrogen-bond donors (Lipinski definition) is 1. The molecule has 1 aliphatic heterocycles.